The maximum atomic E-state index is 14.0. The third-order valence-corrected chi connectivity index (χ3v) is 27.9. The molecule has 0 aliphatic carbocycles. The van der Waals surface area contributed by atoms with Crippen LogP contribution in [0.1, 0.15) is 149 Å². The molecule has 14 unspecified atom stereocenters. The molecule has 0 bridgehead atoms. The molecule has 4 saturated heterocycles. The second-order valence-electron chi connectivity index (χ2n) is 32.0. The number of imidazole rings is 1. The average Bonchev–Trinajstić information content (AvgIpc) is 1.67. The van der Waals surface area contributed by atoms with E-state index in [0.717, 1.165) is 0 Å². The number of aromatic nitrogens is 4. The standard InChI is InChI=1S/C74H139N5O46P6/c1-49(2)126(91,92)117-44-61-56(34-62(120-61)79-46-77-63-52(5)75-45-76-71(63)79)124-130(99,100)118-47-106-39-54(35-80)40-107-48-119-131(101,102)125-60(43-105-24-21-33-116-129(97,98)113-30-18-12-9-15-27-110-74-64(78-53(6)84)70(90)69(89)59(38-83)123-74)55(41-103-22-19-31-114-127(93,94)111-28-16-10-7-13-25-108-72-50(3)65(85)67(87)57(36-81)121-72)42-104-23-20-32-115-128(95,96)112-29-17-11-8-14-26-109-73-51(4)66(86)68(88)58(37-82)122-73/h45-46,49-51,54-62,64-70,72-74,80-83,85-90H,7-44,47-48H2,1-6H3,(H,78,84)(H,91,92)(H,93,94)(H,95,96)(H,97,98)(H,99,100)(H,101,102)/t50?,51?,54?,55?,56-,57?,58?,59?,60?,61+,62+,64?,65+,66+,67-,68-,69-,70+,72+,73+,74+/m0/s1. The van der Waals surface area contributed by atoms with Crippen molar-refractivity contribution in [3.05, 3.63) is 18.3 Å². The maximum absolute atomic E-state index is 14.0. The number of aliphatic hydroxyl groups excluding tert-OH is 10. The van der Waals surface area contributed by atoms with Crippen LogP contribution in [0.2, 0.25) is 0 Å². The summed E-state index contributed by atoms with van der Waals surface area (Å²) in [5, 5.41) is 103. The lowest BCUT2D eigenvalue weighted by Gasteiger charge is -2.42. The summed E-state index contributed by atoms with van der Waals surface area (Å²) in [5.41, 5.74) is 0.547. The highest BCUT2D eigenvalue weighted by Gasteiger charge is 2.48. The zero-order valence-corrected chi connectivity index (χ0v) is 79.9. The molecular formula is C74H139N5O46P6. The molecule has 51 nitrogen and oxygen atoms in total. The van der Waals surface area contributed by atoms with E-state index in [9.17, 15) is 113 Å². The van der Waals surface area contributed by atoms with Gasteiger partial charge in [0.15, 0.2) is 38.1 Å². The fourth-order valence-electron chi connectivity index (χ4n) is 13.4. The lowest BCUT2D eigenvalue weighted by Crippen LogP contribution is -2.64. The van der Waals surface area contributed by atoms with Gasteiger partial charge in [-0.05, 0) is 64.7 Å². The Morgan fingerprint density at radius 3 is 1.31 bits per heavy atom. The van der Waals surface area contributed by atoms with Crippen molar-refractivity contribution >= 4 is 63.8 Å². The number of rotatable bonds is 73. The predicted molar refractivity (Wildman–Crippen MR) is 451 cm³/mol. The molecule has 4 aliphatic rings. The van der Waals surface area contributed by atoms with Crippen LogP contribution < -0.4 is 5.32 Å². The number of nitrogens with zero attached hydrogens (tertiary/aromatic N) is 4. The number of fused-ring (bicyclic) bond motifs is 1. The Bertz CT molecular complexity index is 3720. The number of nitrogens with one attached hydrogen (secondary N) is 1. The van der Waals surface area contributed by atoms with E-state index in [1.165, 1.54) is 38.0 Å². The molecule has 57 heteroatoms. The first-order valence-corrected chi connectivity index (χ1v) is 52.7. The minimum absolute atomic E-state index is 0.0297. The van der Waals surface area contributed by atoms with E-state index < -0.39 is 259 Å². The molecule has 0 aromatic carbocycles. The summed E-state index contributed by atoms with van der Waals surface area (Å²) in [4.78, 5) is 88.6. The predicted octanol–water partition coefficient (Wildman–Crippen LogP) is 2.66. The Balaban J connectivity index is 1.03. The van der Waals surface area contributed by atoms with Crippen molar-refractivity contribution in [2.24, 2.45) is 23.7 Å². The molecule has 0 saturated carbocycles. The number of hydrogen-bond acceptors (Lipinski definition) is 43. The lowest BCUT2D eigenvalue weighted by molar-refractivity contribution is -0.282. The van der Waals surface area contributed by atoms with E-state index in [-0.39, 0.29) is 112 Å². The summed E-state index contributed by atoms with van der Waals surface area (Å²) in [6, 6.07) is -1.13. The third kappa shape index (κ3) is 43.1. The minimum atomic E-state index is -5.27. The summed E-state index contributed by atoms with van der Waals surface area (Å²) < 4.78 is 207. The Morgan fingerprint density at radius 1 is 0.466 bits per heavy atom. The Labute approximate surface area is 760 Å². The van der Waals surface area contributed by atoms with E-state index in [2.05, 4.69) is 20.3 Å². The number of hydrogen-bond donors (Lipinski definition) is 17. The van der Waals surface area contributed by atoms with Gasteiger partial charge in [-0.2, -0.15) is 0 Å². The number of carbonyl (C=O) groups excluding carboxylic acids is 1. The summed E-state index contributed by atoms with van der Waals surface area (Å²) >= 11 is 0. The summed E-state index contributed by atoms with van der Waals surface area (Å²) in [6.07, 6.45) is -10.6. The van der Waals surface area contributed by atoms with Gasteiger partial charge >= 0.3 is 46.7 Å². The van der Waals surface area contributed by atoms with Crippen LogP contribution in [0.15, 0.2) is 12.7 Å². The molecule has 1 amide bonds. The SMILES string of the molecule is CC(=O)NC1[C@H](OCCCCCCOP(=O)(O)OCCCOCC(OP(=O)(O)OCOCC(CO)COCOP(=O)(O)O[C@H]2C[C@H](n3cnc4c(C)ncnc43)O[C@@H]2COP(=O)(O)C(C)C)C(COCCCOP(=O)(O)OCCCCCCO[C@@H]2OC(CO)[C@H](O)[C@H](O)C2C)COCCCOP(=O)(O)OCCCCCCO[C@@H]2OC(CO)[C@H](O)[C@H](O)C2C)OC(CO)[C@H](O)[C@@H]1O. The van der Waals surface area contributed by atoms with Crippen molar-refractivity contribution in [3.63, 3.8) is 0 Å². The van der Waals surface area contributed by atoms with E-state index in [1.54, 1.807) is 20.8 Å². The molecule has 0 spiro atoms. The number of phosphoric ester groups is 5. The largest absolute Gasteiger partial charge is 0.474 e. The van der Waals surface area contributed by atoms with Crippen molar-refractivity contribution in [2.75, 3.05) is 159 Å². The van der Waals surface area contributed by atoms with Gasteiger partial charge in [0.25, 0.3) is 0 Å². The van der Waals surface area contributed by atoms with E-state index in [4.69, 9.17) is 107 Å². The number of aryl methyl sites for hydroxylation is 1. The van der Waals surface area contributed by atoms with Crippen LogP contribution in [-0.2, 0) is 139 Å². The van der Waals surface area contributed by atoms with Gasteiger partial charge in [-0.15, -0.1) is 0 Å². The first-order chi connectivity index (χ1) is 62.2. The van der Waals surface area contributed by atoms with Gasteiger partial charge in [0.05, 0.1) is 142 Å². The van der Waals surface area contributed by atoms with Crippen molar-refractivity contribution in [1.82, 2.24) is 24.8 Å². The number of unbranched alkanes of at least 4 members (excludes halogenated alkanes) is 9. The topological polar surface area (TPSA) is 711 Å². The van der Waals surface area contributed by atoms with Crippen LogP contribution in [0.4, 0.5) is 0 Å². The van der Waals surface area contributed by atoms with Crippen LogP contribution >= 0.6 is 46.7 Å². The zero-order valence-electron chi connectivity index (χ0n) is 74.5. The Morgan fingerprint density at radius 2 is 0.878 bits per heavy atom. The van der Waals surface area contributed by atoms with Crippen LogP contribution in [-0.4, -0.2) is 369 Å². The van der Waals surface area contributed by atoms with Crippen LogP contribution in [0.5, 0.6) is 0 Å². The molecule has 131 heavy (non-hydrogen) atoms. The van der Waals surface area contributed by atoms with Crippen molar-refractivity contribution in [2.45, 2.75) is 254 Å². The Kier molecular flexibility index (Phi) is 54.6. The quantitative estimate of drug-likeness (QED) is 0.0257. The summed E-state index contributed by atoms with van der Waals surface area (Å²) in [7, 11) is -28.3. The highest BCUT2D eigenvalue weighted by atomic mass is 31.2. The fraction of sp³-hybridized carbons (Fsp3) is 0.919. The van der Waals surface area contributed by atoms with E-state index in [0.29, 0.717) is 93.9 Å². The van der Waals surface area contributed by atoms with Gasteiger partial charge in [0, 0.05) is 76.7 Å². The first kappa shape index (κ1) is 118. The molecule has 2 aromatic rings. The molecule has 26 atom stereocenters. The lowest BCUT2D eigenvalue weighted by atomic mass is 9.92. The van der Waals surface area contributed by atoms with Crippen LogP contribution in [0.25, 0.3) is 11.2 Å². The molecule has 0 radical (unpaired) electrons. The van der Waals surface area contributed by atoms with Crippen molar-refractivity contribution in [1.29, 1.82) is 0 Å². The van der Waals surface area contributed by atoms with Crippen molar-refractivity contribution in [3.8, 4) is 0 Å². The maximum Gasteiger partial charge on any atom is 0.474 e. The van der Waals surface area contributed by atoms with Crippen LogP contribution in [0.3, 0.4) is 0 Å². The molecule has 766 valence electrons. The van der Waals surface area contributed by atoms with Gasteiger partial charge in [-0.3, -0.25) is 59.2 Å². The van der Waals surface area contributed by atoms with E-state index in [1.807, 2.05) is 0 Å². The average molecular weight is 2020 g/mol. The van der Waals surface area contributed by atoms with Crippen LogP contribution in [0, 0.1) is 30.6 Å². The number of phosphoric acid groups is 5. The third-order valence-electron chi connectivity index (χ3n) is 21.1. The molecule has 6 rings (SSSR count). The number of carbonyl (C=O) groups is 1. The fourth-order valence-corrected chi connectivity index (χ4v) is 18.1. The molecule has 17 N–H and O–H groups in total. The zero-order chi connectivity index (χ0) is 96.4. The highest BCUT2D eigenvalue weighted by molar-refractivity contribution is 7.53. The normalized spacial score (nSPS) is 28.6. The summed E-state index contributed by atoms with van der Waals surface area (Å²) in [6.45, 7) is 0.408. The van der Waals surface area contributed by atoms with Gasteiger partial charge in [0.2, 0.25) is 5.91 Å². The van der Waals surface area contributed by atoms with Gasteiger partial charge in [-0.25, -0.2) is 37.8 Å². The Hall–Kier alpha value is -2.16. The monoisotopic (exact) mass is 2020 g/mol. The second-order valence-corrected chi connectivity index (χ2v) is 41.6. The molecule has 4 aliphatic heterocycles. The number of amides is 1. The van der Waals surface area contributed by atoms with Gasteiger partial charge in [-0.1, -0.05) is 66.2 Å². The molecule has 4 fully saturated rings. The molecule has 6 heterocycles. The number of aliphatic hydroxyl groups is 10. The van der Waals surface area contributed by atoms with Gasteiger partial charge in [0.1, 0.15) is 79.0 Å². The van der Waals surface area contributed by atoms with Crippen molar-refractivity contribution < 1.29 is 219 Å². The van der Waals surface area contributed by atoms with E-state index >= 15 is 0 Å². The smallest absolute Gasteiger partial charge is 0.396 e. The number of ether oxygens (including phenoxy) is 12. The second kappa shape index (κ2) is 60.9. The first-order valence-electron chi connectivity index (χ1n) is 43.6. The minimum Gasteiger partial charge on any atom is -0.396 e. The molecular weight excluding hydrogens is 1880 g/mol. The highest BCUT2D eigenvalue weighted by Crippen LogP contribution is 2.53. The molecule has 2 aromatic heterocycles. The van der Waals surface area contributed by atoms with Gasteiger partial charge < -0.3 is 147 Å². The summed E-state index contributed by atoms with van der Waals surface area (Å²) in [5.74, 6) is -3.71.